The van der Waals surface area contributed by atoms with E-state index in [0.29, 0.717) is 24.3 Å². The molecule has 156 valence electrons. The Kier molecular flexibility index (Phi) is 6.04. The molecule has 1 aliphatic rings. The van der Waals surface area contributed by atoms with E-state index in [2.05, 4.69) is 15.4 Å². The summed E-state index contributed by atoms with van der Waals surface area (Å²) in [5, 5.41) is 7.26. The first kappa shape index (κ1) is 20.0. The molecule has 0 aliphatic carbocycles. The minimum atomic E-state index is -0.213. The van der Waals surface area contributed by atoms with E-state index < -0.39 is 0 Å². The van der Waals surface area contributed by atoms with E-state index in [1.165, 1.54) is 12.6 Å². The summed E-state index contributed by atoms with van der Waals surface area (Å²) in [6.45, 7) is 2.45. The number of likely N-dealkylation sites (tertiary alicyclic amines) is 1. The number of nitrogens with zero attached hydrogens (tertiary/aromatic N) is 4. The molecule has 2 amide bonds. The molecule has 4 rings (SSSR count). The fourth-order valence-corrected chi connectivity index (χ4v) is 3.73. The second-order valence-electron chi connectivity index (χ2n) is 7.33. The van der Waals surface area contributed by atoms with Gasteiger partial charge >= 0.3 is 0 Å². The number of ether oxygens (including phenoxy) is 1. The summed E-state index contributed by atoms with van der Waals surface area (Å²) in [4.78, 5) is 31.5. The van der Waals surface area contributed by atoms with Crippen molar-refractivity contribution in [1.29, 1.82) is 0 Å². The number of fused-ring (bicyclic) bond motifs is 1. The highest BCUT2D eigenvalue weighted by atomic mass is 16.5. The molecule has 0 aromatic carbocycles. The molecule has 30 heavy (non-hydrogen) atoms. The highest BCUT2D eigenvalue weighted by Crippen LogP contribution is 2.24. The van der Waals surface area contributed by atoms with Gasteiger partial charge < -0.3 is 15.0 Å². The Bertz CT molecular complexity index is 1060. The molecule has 1 saturated heterocycles. The topological polar surface area (TPSA) is 88.8 Å². The van der Waals surface area contributed by atoms with E-state index in [4.69, 9.17) is 4.74 Å². The van der Waals surface area contributed by atoms with Gasteiger partial charge in [-0.3, -0.25) is 14.6 Å². The summed E-state index contributed by atoms with van der Waals surface area (Å²) < 4.78 is 6.70. The maximum absolute atomic E-state index is 13.0. The summed E-state index contributed by atoms with van der Waals surface area (Å²) >= 11 is 0. The normalized spacial score (nSPS) is 14.1. The molecule has 1 aliphatic heterocycles. The fourth-order valence-electron chi connectivity index (χ4n) is 3.73. The predicted octanol–water partition coefficient (Wildman–Crippen LogP) is 2.40. The van der Waals surface area contributed by atoms with Crippen molar-refractivity contribution in [3.63, 3.8) is 0 Å². The quantitative estimate of drug-likeness (QED) is 0.634. The second-order valence-corrected chi connectivity index (χ2v) is 7.33. The zero-order chi connectivity index (χ0) is 20.9. The number of piperidine rings is 1. The van der Waals surface area contributed by atoms with E-state index in [1.54, 1.807) is 30.1 Å². The van der Waals surface area contributed by atoms with Gasteiger partial charge in [0.05, 0.1) is 35.1 Å². The zero-order valence-corrected chi connectivity index (χ0v) is 17.0. The maximum atomic E-state index is 13.0. The van der Waals surface area contributed by atoms with Crippen molar-refractivity contribution in [3.05, 3.63) is 54.0 Å². The molecule has 8 heteroatoms. The van der Waals surface area contributed by atoms with Crippen LogP contribution in [0.15, 0.2) is 42.9 Å². The van der Waals surface area contributed by atoms with Crippen molar-refractivity contribution >= 4 is 17.3 Å². The smallest absolute Gasteiger partial charge is 0.257 e. The van der Waals surface area contributed by atoms with Crippen LogP contribution >= 0.6 is 0 Å². The first-order valence-electron chi connectivity index (χ1n) is 10.2. The van der Waals surface area contributed by atoms with Crippen LogP contribution in [0.1, 0.15) is 40.0 Å². The van der Waals surface area contributed by atoms with E-state index in [9.17, 15) is 9.59 Å². The van der Waals surface area contributed by atoms with Crippen LogP contribution in [0.2, 0.25) is 0 Å². The molecule has 0 atom stereocenters. The number of hydrogen-bond donors (Lipinski definition) is 1. The van der Waals surface area contributed by atoms with Crippen molar-refractivity contribution in [2.75, 3.05) is 33.4 Å². The van der Waals surface area contributed by atoms with Gasteiger partial charge in [0.15, 0.2) is 0 Å². The van der Waals surface area contributed by atoms with Crippen LogP contribution in [0.3, 0.4) is 0 Å². The zero-order valence-electron chi connectivity index (χ0n) is 17.0. The lowest BCUT2D eigenvalue weighted by atomic mass is 10.1. The summed E-state index contributed by atoms with van der Waals surface area (Å²) in [7, 11) is 1.59. The van der Waals surface area contributed by atoms with E-state index in [-0.39, 0.29) is 11.8 Å². The number of amides is 2. The van der Waals surface area contributed by atoms with Crippen molar-refractivity contribution < 1.29 is 14.3 Å². The van der Waals surface area contributed by atoms with Gasteiger partial charge in [-0.15, -0.1) is 0 Å². The average Bonchev–Trinajstić information content (AvgIpc) is 3.23. The molecule has 1 N–H and O–H groups in total. The molecule has 0 radical (unpaired) electrons. The van der Waals surface area contributed by atoms with Crippen LogP contribution in [0.25, 0.3) is 16.8 Å². The van der Waals surface area contributed by atoms with Crippen LogP contribution in [0.4, 0.5) is 0 Å². The molecule has 0 spiro atoms. The SMILES string of the molecule is COCCNC(=O)c1cncc(-c2cccc3c(C(=O)N4CCCCC4)cnn23)c1. The summed E-state index contributed by atoms with van der Waals surface area (Å²) in [6, 6.07) is 7.46. The lowest BCUT2D eigenvalue weighted by Gasteiger charge is -2.26. The Morgan fingerprint density at radius 3 is 2.77 bits per heavy atom. The molecule has 0 saturated carbocycles. The Hall–Kier alpha value is -3.26. The fraction of sp³-hybridized carbons (Fsp3) is 0.364. The average molecular weight is 407 g/mol. The van der Waals surface area contributed by atoms with Crippen LogP contribution in [-0.4, -0.2) is 64.7 Å². The third-order valence-electron chi connectivity index (χ3n) is 5.30. The predicted molar refractivity (Wildman–Crippen MR) is 112 cm³/mol. The first-order chi connectivity index (χ1) is 14.7. The van der Waals surface area contributed by atoms with Crippen molar-refractivity contribution in [2.45, 2.75) is 19.3 Å². The van der Waals surface area contributed by atoms with E-state index in [1.807, 2.05) is 23.1 Å². The van der Waals surface area contributed by atoms with Crippen molar-refractivity contribution in [3.8, 4) is 11.3 Å². The van der Waals surface area contributed by atoms with Gasteiger partial charge in [-0.1, -0.05) is 6.07 Å². The second kappa shape index (κ2) is 9.04. The summed E-state index contributed by atoms with van der Waals surface area (Å²) in [6.07, 6.45) is 8.10. The molecule has 0 bridgehead atoms. The third-order valence-corrected chi connectivity index (χ3v) is 5.30. The maximum Gasteiger partial charge on any atom is 0.257 e. The number of carbonyl (C=O) groups is 2. The van der Waals surface area contributed by atoms with Gasteiger partial charge in [-0.05, 0) is 37.5 Å². The molecule has 0 unspecified atom stereocenters. The Labute approximate surface area is 174 Å². The van der Waals surface area contributed by atoms with Crippen LogP contribution in [0.5, 0.6) is 0 Å². The number of rotatable bonds is 6. The Morgan fingerprint density at radius 1 is 1.13 bits per heavy atom. The Morgan fingerprint density at radius 2 is 1.97 bits per heavy atom. The van der Waals surface area contributed by atoms with E-state index in [0.717, 1.165) is 42.7 Å². The van der Waals surface area contributed by atoms with E-state index >= 15 is 0 Å². The minimum Gasteiger partial charge on any atom is -0.383 e. The number of pyridine rings is 2. The van der Waals surface area contributed by atoms with Crippen LogP contribution in [0, 0.1) is 0 Å². The third kappa shape index (κ3) is 4.04. The molecule has 8 nitrogen and oxygen atoms in total. The van der Waals surface area contributed by atoms with Crippen molar-refractivity contribution in [1.82, 2.24) is 24.8 Å². The van der Waals surface area contributed by atoms with Gasteiger partial charge in [0.1, 0.15) is 0 Å². The molecule has 4 heterocycles. The highest BCUT2D eigenvalue weighted by Gasteiger charge is 2.22. The van der Waals surface area contributed by atoms with Gasteiger partial charge in [-0.25, -0.2) is 4.52 Å². The van der Waals surface area contributed by atoms with Crippen molar-refractivity contribution in [2.24, 2.45) is 0 Å². The monoisotopic (exact) mass is 407 g/mol. The Balaban J connectivity index is 1.64. The molecular formula is C22H25N5O3. The first-order valence-corrected chi connectivity index (χ1v) is 10.2. The molecule has 3 aromatic heterocycles. The lowest BCUT2D eigenvalue weighted by Crippen LogP contribution is -2.35. The van der Waals surface area contributed by atoms with Gasteiger partial charge in [0, 0.05) is 44.7 Å². The number of hydrogen-bond acceptors (Lipinski definition) is 5. The molecular weight excluding hydrogens is 382 g/mol. The lowest BCUT2D eigenvalue weighted by molar-refractivity contribution is 0.0726. The summed E-state index contributed by atoms with van der Waals surface area (Å²) in [5.41, 5.74) is 3.32. The number of aromatic nitrogens is 3. The summed E-state index contributed by atoms with van der Waals surface area (Å²) in [5.74, 6) is -0.193. The highest BCUT2D eigenvalue weighted by molar-refractivity contribution is 6.01. The van der Waals surface area contributed by atoms with Gasteiger partial charge in [0.25, 0.3) is 11.8 Å². The number of carbonyl (C=O) groups excluding carboxylic acids is 2. The minimum absolute atomic E-state index is 0.0197. The number of nitrogens with one attached hydrogen (secondary N) is 1. The standard InChI is InChI=1S/C22H25N5O3/c1-30-11-8-24-21(28)17-12-16(13-23-14-17)19-6-5-7-20-18(15-25-27(19)20)22(29)26-9-3-2-4-10-26/h5-7,12-15H,2-4,8-11H2,1H3,(H,24,28). The van der Waals surface area contributed by atoms with Gasteiger partial charge in [-0.2, -0.15) is 5.10 Å². The molecule has 3 aromatic rings. The molecule has 1 fully saturated rings. The number of methoxy groups -OCH3 is 1. The largest absolute Gasteiger partial charge is 0.383 e. The van der Waals surface area contributed by atoms with Crippen LogP contribution in [-0.2, 0) is 4.74 Å². The van der Waals surface area contributed by atoms with Gasteiger partial charge in [0.2, 0.25) is 0 Å². The van der Waals surface area contributed by atoms with Crippen LogP contribution < -0.4 is 5.32 Å².